The van der Waals surface area contributed by atoms with Crippen LogP contribution in [0.15, 0.2) is 23.1 Å². The van der Waals surface area contributed by atoms with Gasteiger partial charge in [0.1, 0.15) is 0 Å². The van der Waals surface area contributed by atoms with Crippen molar-refractivity contribution in [2.45, 2.75) is 31.3 Å². The van der Waals surface area contributed by atoms with E-state index >= 15 is 0 Å². The highest BCUT2D eigenvalue weighted by molar-refractivity contribution is 7.98. The number of halogens is 1. The normalized spacial score (nSPS) is 11.8. The first-order chi connectivity index (χ1) is 9.49. The number of benzene rings is 1. The molecule has 1 amide bonds. The summed E-state index contributed by atoms with van der Waals surface area (Å²) in [6.07, 6.45) is 1.88. The van der Waals surface area contributed by atoms with Gasteiger partial charge >= 0.3 is 5.97 Å². The van der Waals surface area contributed by atoms with Crippen LogP contribution in [-0.4, -0.2) is 30.8 Å². The number of carbonyl (C=O) groups is 2. The topological polar surface area (TPSA) is 55.4 Å². The molecule has 1 aromatic carbocycles. The third kappa shape index (κ3) is 4.72. The fourth-order valence-corrected chi connectivity index (χ4v) is 2.09. The third-order valence-corrected chi connectivity index (χ3v) is 3.65. The second-order valence-corrected chi connectivity index (χ2v) is 5.47. The highest BCUT2D eigenvalue weighted by Crippen LogP contribution is 2.24. The first-order valence-corrected chi connectivity index (χ1v) is 7.92. The second-order valence-electron chi connectivity index (χ2n) is 4.18. The van der Waals surface area contributed by atoms with Gasteiger partial charge in [0.15, 0.2) is 6.10 Å². The van der Waals surface area contributed by atoms with Crippen molar-refractivity contribution < 1.29 is 14.3 Å². The zero-order chi connectivity index (χ0) is 15.1. The molecule has 0 aromatic heterocycles. The summed E-state index contributed by atoms with van der Waals surface area (Å²) in [5, 5.41) is 2.99. The van der Waals surface area contributed by atoms with E-state index in [1.165, 1.54) is 18.7 Å². The quantitative estimate of drug-likeness (QED) is 0.647. The Morgan fingerprint density at radius 3 is 2.75 bits per heavy atom. The lowest BCUT2D eigenvalue weighted by molar-refractivity contribution is -0.129. The number of rotatable bonds is 6. The molecule has 1 unspecified atom stereocenters. The van der Waals surface area contributed by atoms with Crippen molar-refractivity contribution >= 4 is 35.2 Å². The monoisotopic (exact) mass is 315 g/mol. The zero-order valence-corrected chi connectivity index (χ0v) is 13.3. The van der Waals surface area contributed by atoms with Crippen LogP contribution >= 0.6 is 23.4 Å². The van der Waals surface area contributed by atoms with Crippen molar-refractivity contribution in [3.8, 4) is 0 Å². The van der Waals surface area contributed by atoms with Crippen molar-refractivity contribution in [3.63, 3.8) is 0 Å². The first-order valence-electron chi connectivity index (χ1n) is 6.31. The molecule has 1 aromatic rings. The number of thioether (sulfide) groups is 1. The summed E-state index contributed by atoms with van der Waals surface area (Å²) in [5.74, 6) is -0.901. The fraction of sp³-hybridized carbons (Fsp3) is 0.429. The smallest absolute Gasteiger partial charge is 0.340 e. The summed E-state index contributed by atoms with van der Waals surface area (Å²) in [4.78, 5) is 24.6. The Morgan fingerprint density at radius 1 is 1.45 bits per heavy atom. The van der Waals surface area contributed by atoms with Gasteiger partial charge in [0.2, 0.25) is 0 Å². The van der Waals surface area contributed by atoms with E-state index in [0.29, 0.717) is 11.6 Å². The lowest BCUT2D eigenvalue weighted by atomic mass is 10.2. The molecule has 0 aliphatic rings. The third-order valence-electron chi connectivity index (χ3n) is 2.60. The molecule has 1 atom stereocenters. The van der Waals surface area contributed by atoms with Crippen LogP contribution in [0.3, 0.4) is 0 Å². The molecule has 0 fully saturated rings. The Hall–Kier alpha value is -1.20. The predicted molar refractivity (Wildman–Crippen MR) is 81.4 cm³/mol. The molecular weight excluding hydrogens is 298 g/mol. The van der Waals surface area contributed by atoms with E-state index in [1.807, 2.05) is 19.2 Å². The van der Waals surface area contributed by atoms with Gasteiger partial charge in [-0.05, 0) is 37.8 Å². The highest BCUT2D eigenvalue weighted by Gasteiger charge is 2.20. The van der Waals surface area contributed by atoms with Gasteiger partial charge in [-0.2, -0.15) is 0 Å². The number of amides is 1. The highest BCUT2D eigenvalue weighted by atomic mass is 35.5. The van der Waals surface area contributed by atoms with Crippen molar-refractivity contribution in [3.05, 3.63) is 28.8 Å². The molecule has 0 saturated heterocycles. The number of esters is 1. The Balaban J connectivity index is 2.73. The molecule has 6 heteroatoms. The van der Waals surface area contributed by atoms with Gasteiger partial charge in [0.05, 0.1) is 10.6 Å². The molecule has 110 valence electrons. The zero-order valence-electron chi connectivity index (χ0n) is 11.7. The number of hydrogen-bond donors (Lipinski definition) is 1. The first kappa shape index (κ1) is 16.9. The van der Waals surface area contributed by atoms with Crippen LogP contribution in [0.1, 0.15) is 30.6 Å². The molecule has 1 N–H and O–H groups in total. The van der Waals surface area contributed by atoms with Crippen molar-refractivity contribution in [2.75, 3.05) is 12.8 Å². The molecule has 20 heavy (non-hydrogen) atoms. The maximum absolute atomic E-state index is 12.0. The summed E-state index contributed by atoms with van der Waals surface area (Å²) in [6.45, 7) is 4.04. The minimum atomic E-state index is -0.844. The molecule has 0 heterocycles. The van der Waals surface area contributed by atoms with E-state index in [2.05, 4.69) is 5.32 Å². The average Bonchev–Trinajstić information content (AvgIpc) is 2.44. The standard InChI is InChI=1S/C14H18ClNO3S/c1-4-7-16-13(17)9(2)19-14(18)11-8-10(20-3)5-6-12(11)15/h5-6,8-9H,4,7H2,1-3H3,(H,16,17). The lowest BCUT2D eigenvalue weighted by Crippen LogP contribution is -2.36. The van der Waals surface area contributed by atoms with Crippen LogP contribution in [-0.2, 0) is 9.53 Å². The van der Waals surface area contributed by atoms with E-state index in [0.717, 1.165) is 11.3 Å². The van der Waals surface area contributed by atoms with Crippen molar-refractivity contribution in [1.82, 2.24) is 5.32 Å². The van der Waals surface area contributed by atoms with Gasteiger partial charge in [-0.15, -0.1) is 11.8 Å². The van der Waals surface area contributed by atoms with Crippen molar-refractivity contribution in [1.29, 1.82) is 0 Å². The maximum Gasteiger partial charge on any atom is 0.340 e. The number of ether oxygens (including phenoxy) is 1. The van der Waals surface area contributed by atoms with E-state index < -0.39 is 12.1 Å². The van der Waals surface area contributed by atoms with E-state index in [4.69, 9.17) is 16.3 Å². The average molecular weight is 316 g/mol. The van der Waals surface area contributed by atoms with Gasteiger partial charge < -0.3 is 10.1 Å². The largest absolute Gasteiger partial charge is 0.449 e. The van der Waals surface area contributed by atoms with Crippen LogP contribution in [0, 0.1) is 0 Å². The molecule has 0 radical (unpaired) electrons. The molecule has 4 nitrogen and oxygen atoms in total. The predicted octanol–water partition coefficient (Wildman–Crippen LogP) is 3.13. The maximum atomic E-state index is 12.0. The minimum absolute atomic E-state index is 0.272. The Morgan fingerprint density at radius 2 is 2.15 bits per heavy atom. The molecule has 0 spiro atoms. The van der Waals surface area contributed by atoms with E-state index in [9.17, 15) is 9.59 Å². The molecule has 0 aliphatic heterocycles. The molecule has 0 saturated carbocycles. The van der Waals surface area contributed by atoms with Crippen LogP contribution in [0.25, 0.3) is 0 Å². The number of carbonyl (C=O) groups excluding carboxylic acids is 2. The summed E-state index contributed by atoms with van der Waals surface area (Å²) >= 11 is 7.48. The Kier molecular flexibility index (Phi) is 6.88. The van der Waals surface area contributed by atoms with Gasteiger partial charge in [-0.3, -0.25) is 4.79 Å². The van der Waals surface area contributed by atoms with E-state index in [-0.39, 0.29) is 11.5 Å². The molecular formula is C14H18ClNO3S. The number of hydrogen-bond acceptors (Lipinski definition) is 4. The van der Waals surface area contributed by atoms with Crippen LogP contribution in [0.4, 0.5) is 0 Å². The summed E-state index contributed by atoms with van der Waals surface area (Å²) in [7, 11) is 0. The van der Waals surface area contributed by atoms with Crippen LogP contribution in [0.2, 0.25) is 5.02 Å². The van der Waals surface area contributed by atoms with Gasteiger partial charge in [-0.1, -0.05) is 18.5 Å². The summed E-state index contributed by atoms with van der Waals surface area (Å²) in [5.41, 5.74) is 0.272. The molecule has 0 aliphatic carbocycles. The van der Waals surface area contributed by atoms with Gasteiger partial charge in [0.25, 0.3) is 5.91 Å². The van der Waals surface area contributed by atoms with E-state index in [1.54, 1.807) is 12.1 Å². The SMILES string of the molecule is CCCNC(=O)C(C)OC(=O)c1cc(SC)ccc1Cl. The van der Waals surface area contributed by atoms with Gasteiger partial charge in [-0.25, -0.2) is 4.79 Å². The lowest BCUT2D eigenvalue weighted by Gasteiger charge is -2.14. The Bertz CT molecular complexity index is 493. The second kappa shape index (κ2) is 8.17. The molecule has 1 rings (SSSR count). The molecule has 0 bridgehead atoms. The summed E-state index contributed by atoms with van der Waals surface area (Å²) < 4.78 is 5.13. The minimum Gasteiger partial charge on any atom is -0.449 e. The van der Waals surface area contributed by atoms with Crippen LogP contribution in [0.5, 0.6) is 0 Å². The Labute approximate surface area is 128 Å². The number of nitrogens with one attached hydrogen (secondary N) is 1. The summed E-state index contributed by atoms with van der Waals surface area (Å²) in [6, 6.07) is 5.12. The van der Waals surface area contributed by atoms with Crippen LogP contribution < -0.4 is 5.32 Å². The fourth-order valence-electron chi connectivity index (χ4n) is 1.46. The van der Waals surface area contributed by atoms with Gasteiger partial charge in [0, 0.05) is 11.4 Å². The van der Waals surface area contributed by atoms with Crippen molar-refractivity contribution in [2.24, 2.45) is 0 Å².